The number of hydrogen-bond donors (Lipinski definition) is 2. The van der Waals surface area contributed by atoms with Gasteiger partial charge in [-0.3, -0.25) is 0 Å². The number of phenolic OH excluding ortho intramolecular Hbond substituents is 1. The average molecular weight is 270 g/mol. The van der Waals surface area contributed by atoms with Crippen LogP contribution in [0.3, 0.4) is 0 Å². The summed E-state index contributed by atoms with van der Waals surface area (Å²) < 4.78 is 0.816. The van der Waals surface area contributed by atoms with Crippen LogP contribution >= 0.6 is 15.9 Å². The number of nitrogens with one attached hydrogen (secondary N) is 1. The van der Waals surface area contributed by atoms with Crippen LogP contribution in [0.4, 0.5) is 0 Å². The number of hydrogen-bond acceptors (Lipinski definition) is 2. The second-order valence-electron chi connectivity index (χ2n) is 4.19. The minimum Gasteiger partial charge on any atom is -0.506 e. The summed E-state index contributed by atoms with van der Waals surface area (Å²) in [6.07, 6.45) is 2.38. The van der Waals surface area contributed by atoms with Crippen LogP contribution in [0.5, 0.6) is 5.75 Å². The van der Waals surface area contributed by atoms with Gasteiger partial charge in [-0.15, -0.1) is 0 Å². The first-order valence-electron chi connectivity index (χ1n) is 5.38. The number of piperidine rings is 1. The molecule has 0 unspecified atom stereocenters. The lowest BCUT2D eigenvalue weighted by atomic mass is 9.89. The van der Waals surface area contributed by atoms with Crippen molar-refractivity contribution in [2.75, 3.05) is 13.1 Å². The van der Waals surface area contributed by atoms with E-state index in [9.17, 15) is 5.11 Å². The Morgan fingerprint density at radius 2 is 2.00 bits per heavy atom. The van der Waals surface area contributed by atoms with Crippen molar-refractivity contribution in [2.45, 2.75) is 25.7 Å². The third-order valence-electron chi connectivity index (χ3n) is 3.09. The molecular weight excluding hydrogens is 254 g/mol. The van der Waals surface area contributed by atoms with Gasteiger partial charge in [0.15, 0.2) is 0 Å². The van der Waals surface area contributed by atoms with E-state index in [4.69, 9.17) is 0 Å². The van der Waals surface area contributed by atoms with E-state index in [1.807, 2.05) is 6.92 Å². The first kappa shape index (κ1) is 11.0. The van der Waals surface area contributed by atoms with Crippen LogP contribution in [0.25, 0.3) is 0 Å². The molecule has 0 saturated carbocycles. The minimum atomic E-state index is 0.368. The summed E-state index contributed by atoms with van der Waals surface area (Å²) in [5, 5.41) is 13.0. The molecule has 15 heavy (non-hydrogen) atoms. The molecule has 1 fully saturated rings. The molecule has 0 bridgehead atoms. The number of aryl methyl sites for hydroxylation is 1. The summed E-state index contributed by atoms with van der Waals surface area (Å²) in [7, 11) is 0. The minimum absolute atomic E-state index is 0.368. The highest BCUT2D eigenvalue weighted by atomic mass is 79.9. The predicted molar refractivity (Wildman–Crippen MR) is 65.4 cm³/mol. The topological polar surface area (TPSA) is 32.3 Å². The summed E-state index contributed by atoms with van der Waals surface area (Å²) in [6.45, 7) is 4.15. The molecule has 0 aromatic heterocycles. The number of phenols is 1. The van der Waals surface area contributed by atoms with E-state index in [0.29, 0.717) is 11.7 Å². The summed E-state index contributed by atoms with van der Waals surface area (Å²) >= 11 is 3.40. The molecule has 2 N–H and O–H groups in total. The van der Waals surface area contributed by atoms with E-state index >= 15 is 0 Å². The summed E-state index contributed by atoms with van der Waals surface area (Å²) in [6, 6.07) is 4.16. The Morgan fingerprint density at radius 3 is 2.60 bits per heavy atom. The highest BCUT2D eigenvalue weighted by Gasteiger charge is 2.16. The quantitative estimate of drug-likeness (QED) is 0.822. The Kier molecular flexibility index (Phi) is 3.32. The predicted octanol–water partition coefficient (Wildman–Crippen LogP) is 2.93. The zero-order valence-corrected chi connectivity index (χ0v) is 10.5. The van der Waals surface area contributed by atoms with Gasteiger partial charge >= 0.3 is 0 Å². The average Bonchev–Trinajstić information content (AvgIpc) is 2.26. The highest BCUT2D eigenvalue weighted by Crippen LogP contribution is 2.34. The largest absolute Gasteiger partial charge is 0.506 e. The summed E-state index contributed by atoms with van der Waals surface area (Å²) in [5.41, 5.74) is 2.30. The van der Waals surface area contributed by atoms with Crippen molar-refractivity contribution < 1.29 is 5.11 Å². The molecule has 1 heterocycles. The van der Waals surface area contributed by atoms with Crippen LogP contribution in [0.1, 0.15) is 29.9 Å². The van der Waals surface area contributed by atoms with Crippen LogP contribution in [0.15, 0.2) is 16.6 Å². The Balaban J connectivity index is 2.27. The zero-order valence-electron chi connectivity index (χ0n) is 8.89. The molecule has 2 rings (SSSR count). The molecule has 1 aromatic rings. The first-order chi connectivity index (χ1) is 7.18. The Morgan fingerprint density at radius 1 is 1.33 bits per heavy atom. The second-order valence-corrected chi connectivity index (χ2v) is 5.05. The zero-order chi connectivity index (χ0) is 10.8. The first-order valence-corrected chi connectivity index (χ1v) is 6.17. The van der Waals surface area contributed by atoms with Crippen molar-refractivity contribution in [3.05, 3.63) is 27.7 Å². The van der Waals surface area contributed by atoms with E-state index < -0.39 is 0 Å². The standard InChI is InChI=1S/C12H16BrNO/c1-8-6-10(7-11(13)12(8)15)9-2-4-14-5-3-9/h6-7,9,14-15H,2-5H2,1H3. The molecule has 82 valence electrons. The molecule has 1 saturated heterocycles. The Labute approximate surface area is 98.8 Å². The van der Waals surface area contributed by atoms with Crippen LogP contribution in [-0.2, 0) is 0 Å². The van der Waals surface area contributed by atoms with E-state index in [0.717, 1.165) is 23.1 Å². The van der Waals surface area contributed by atoms with Gasteiger partial charge in [-0.1, -0.05) is 6.07 Å². The highest BCUT2D eigenvalue weighted by molar-refractivity contribution is 9.10. The normalized spacial score (nSPS) is 18.0. The van der Waals surface area contributed by atoms with Crippen LogP contribution < -0.4 is 5.32 Å². The van der Waals surface area contributed by atoms with Crippen molar-refractivity contribution in [1.29, 1.82) is 0 Å². The molecule has 2 nitrogen and oxygen atoms in total. The molecule has 0 amide bonds. The van der Waals surface area contributed by atoms with Crippen LogP contribution in [0.2, 0.25) is 0 Å². The Hall–Kier alpha value is -0.540. The fourth-order valence-corrected chi connectivity index (χ4v) is 2.73. The lowest BCUT2D eigenvalue weighted by molar-refractivity contribution is 0.454. The van der Waals surface area contributed by atoms with Crippen molar-refractivity contribution in [3.8, 4) is 5.75 Å². The number of aromatic hydroxyl groups is 1. The number of halogens is 1. The van der Waals surface area contributed by atoms with Gasteiger partial charge in [0, 0.05) is 0 Å². The van der Waals surface area contributed by atoms with Gasteiger partial charge in [-0.05, 0) is 71.9 Å². The lowest BCUT2D eigenvalue weighted by Gasteiger charge is -2.23. The molecule has 0 radical (unpaired) electrons. The third-order valence-corrected chi connectivity index (χ3v) is 3.69. The van der Waals surface area contributed by atoms with Crippen LogP contribution in [-0.4, -0.2) is 18.2 Å². The van der Waals surface area contributed by atoms with Crippen molar-refractivity contribution in [2.24, 2.45) is 0 Å². The van der Waals surface area contributed by atoms with Crippen LogP contribution in [0, 0.1) is 6.92 Å². The molecule has 0 atom stereocenters. The summed E-state index contributed by atoms with van der Waals surface area (Å²) in [5.74, 6) is 1.01. The smallest absolute Gasteiger partial charge is 0.132 e. The maximum atomic E-state index is 9.67. The number of rotatable bonds is 1. The van der Waals surface area contributed by atoms with E-state index in [1.54, 1.807) is 0 Å². The van der Waals surface area contributed by atoms with Crippen molar-refractivity contribution in [3.63, 3.8) is 0 Å². The van der Waals surface area contributed by atoms with Gasteiger partial charge in [0.05, 0.1) is 4.47 Å². The second kappa shape index (κ2) is 4.54. The molecule has 1 aromatic carbocycles. The van der Waals surface area contributed by atoms with Gasteiger partial charge in [0.2, 0.25) is 0 Å². The number of benzene rings is 1. The molecule has 1 aliphatic rings. The van der Waals surface area contributed by atoms with Gasteiger partial charge in [-0.2, -0.15) is 0 Å². The van der Waals surface area contributed by atoms with E-state index in [1.165, 1.54) is 18.4 Å². The van der Waals surface area contributed by atoms with Gasteiger partial charge in [0.1, 0.15) is 5.75 Å². The third kappa shape index (κ3) is 2.34. The monoisotopic (exact) mass is 269 g/mol. The Bertz CT molecular complexity index is 336. The van der Waals surface area contributed by atoms with E-state index in [-0.39, 0.29) is 0 Å². The van der Waals surface area contributed by atoms with Gasteiger partial charge < -0.3 is 10.4 Å². The van der Waals surface area contributed by atoms with Gasteiger partial charge in [0.25, 0.3) is 0 Å². The van der Waals surface area contributed by atoms with Crippen molar-refractivity contribution in [1.82, 2.24) is 5.32 Å². The molecule has 3 heteroatoms. The molecule has 1 aliphatic heterocycles. The molecular formula is C12H16BrNO. The fraction of sp³-hybridized carbons (Fsp3) is 0.500. The SMILES string of the molecule is Cc1cc(C2CCNCC2)cc(Br)c1O. The maximum absolute atomic E-state index is 9.67. The molecule has 0 aliphatic carbocycles. The van der Waals surface area contributed by atoms with E-state index in [2.05, 4.69) is 33.4 Å². The lowest BCUT2D eigenvalue weighted by Crippen LogP contribution is -2.26. The van der Waals surface area contributed by atoms with Gasteiger partial charge in [-0.25, -0.2) is 0 Å². The fourth-order valence-electron chi connectivity index (χ4n) is 2.15. The van der Waals surface area contributed by atoms with Crippen molar-refractivity contribution >= 4 is 15.9 Å². The summed E-state index contributed by atoms with van der Waals surface area (Å²) in [4.78, 5) is 0. The maximum Gasteiger partial charge on any atom is 0.132 e. The molecule has 0 spiro atoms.